The molecule has 1 spiro atoms. The fourth-order valence-corrected chi connectivity index (χ4v) is 7.65. The molecular formula is C34H32Cl2F6N2O3. The lowest BCUT2D eigenvalue weighted by atomic mass is 9.72. The molecule has 0 aromatic heterocycles. The zero-order chi connectivity index (χ0) is 33.8. The summed E-state index contributed by atoms with van der Waals surface area (Å²) < 4.78 is 87.8. The van der Waals surface area contributed by atoms with Crippen LogP contribution in [0.3, 0.4) is 0 Å². The third-order valence-electron chi connectivity index (χ3n) is 9.94. The molecular weight excluding hydrogens is 669 g/mol. The number of nitrogens with zero attached hydrogens (tertiary/aromatic N) is 2. The number of carbonyl (C=O) groups is 1. The summed E-state index contributed by atoms with van der Waals surface area (Å²) in [7, 11) is 0. The fraction of sp³-hybridized carbons (Fsp3) is 0.441. The smallest absolute Gasteiger partial charge is 0.392 e. The van der Waals surface area contributed by atoms with E-state index in [2.05, 4.69) is 17.0 Å². The van der Waals surface area contributed by atoms with Crippen molar-refractivity contribution in [1.29, 1.82) is 0 Å². The number of aliphatic hydroxyl groups is 1. The first-order valence-electron chi connectivity index (χ1n) is 15.3. The summed E-state index contributed by atoms with van der Waals surface area (Å²) in [5.41, 5.74) is -2.39. The molecule has 13 heteroatoms. The van der Waals surface area contributed by atoms with Gasteiger partial charge in [0.15, 0.2) is 0 Å². The number of rotatable bonds is 5. The van der Waals surface area contributed by atoms with Gasteiger partial charge in [0.2, 0.25) is 0 Å². The zero-order valence-electron chi connectivity index (χ0n) is 25.1. The number of morpholine rings is 1. The minimum atomic E-state index is -5.09. The molecule has 1 N–H and O–H groups in total. The number of ether oxygens (including phenoxy) is 1. The largest absolute Gasteiger partial charge is 0.416 e. The Morgan fingerprint density at radius 2 is 1.55 bits per heavy atom. The number of fused-ring (bicyclic) bond motifs is 2. The van der Waals surface area contributed by atoms with Crippen LogP contribution in [0, 0.1) is 0 Å². The first-order valence-corrected chi connectivity index (χ1v) is 16.0. The van der Waals surface area contributed by atoms with E-state index in [1.54, 1.807) is 18.2 Å². The average molecular weight is 702 g/mol. The van der Waals surface area contributed by atoms with E-state index in [1.165, 1.54) is 10.5 Å². The molecule has 2 fully saturated rings. The van der Waals surface area contributed by atoms with Gasteiger partial charge in [0.25, 0.3) is 5.91 Å². The van der Waals surface area contributed by atoms with E-state index in [9.17, 15) is 36.2 Å². The Hall–Kier alpha value is -2.83. The zero-order valence-corrected chi connectivity index (χ0v) is 26.6. The molecule has 1 aliphatic carbocycles. The Balaban J connectivity index is 1.25. The Labute approximate surface area is 278 Å². The molecule has 1 amide bonds. The number of hydrogen-bond donors (Lipinski definition) is 1. The van der Waals surface area contributed by atoms with Gasteiger partial charge in [-0.05, 0) is 85.8 Å². The molecule has 0 saturated carbocycles. The highest BCUT2D eigenvalue weighted by Crippen LogP contribution is 2.47. The molecule has 2 atom stereocenters. The number of piperidine rings is 1. The van der Waals surface area contributed by atoms with Crippen LogP contribution in [0.15, 0.2) is 60.7 Å². The fourth-order valence-electron chi connectivity index (χ4n) is 7.35. The van der Waals surface area contributed by atoms with E-state index in [1.807, 2.05) is 12.1 Å². The number of carbonyl (C=O) groups excluding carboxylic acids is 1. The standard InChI is InChI=1S/C34H32Cl2F6N2O3/c35-27-6-5-23(19-28(27)36)32(9-12-43-10-7-31(8-11-43)26-4-2-1-3-21(26)17-29(31)45)20-44(13-14-47-32)30(46)22-15-24(33(37,38)39)18-25(16-22)34(40,41)42/h1-6,15-16,18-19,29,45H,7-14,17,20H2/t29-,32-/m0/s1. The highest BCUT2D eigenvalue weighted by molar-refractivity contribution is 6.42. The van der Waals surface area contributed by atoms with E-state index >= 15 is 0 Å². The molecule has 2 heterocycles. The quantitative estimate of drug-likeness (QED) is 0.277. The van der Waals surface area contributed by atoms with Crippen LogP contribution in [0.2, 0.25) is 10.0 Å². The van der Waals surface area contributed by atoms with Gasteiger partial charge in [-0.15, -0.1) is 0 Å². The van der Waals surface area contributed by atoms with E-state index < -0.39 is 46.7 Å². The van der Waals surface area contributed by atoms with Gasteiger partial charge >= 0.3 is 12.4 Å². The molecule has 6 rings (SSSR count). The van der Waals surface area contributed by atoms with Crippen molar-refractivity contribution in [2.24, 2.45) is 0 Å². The summed E-state index contributed by atoms with van der Waals surface area (Å²) in [6.45, 7) is 1.71. The van der Waals surface area contributed by atoms with Gasteiger partial charge in [-0.3, -0.25) is 4.79 Å². The molecule has 0 radical (unpaired) electrons. The van der Waals surface area contributed by atoms with Crippen LogP contribution in [0.4, 0.5) is 26.3 Å². The van der Waals surface area contributed by atoms with Gasteiger partial charge in [0.1, 0.15) is 5.60 Å². The van der Waals surface area contributed by atoms with Gasteiger partial charge < -0.3 is 19.6 Å². The summed E-state index contributed by atoms with van der Waals surface area (Å²) in [6.07, 6.45) is -8.20. The van der Waals surface area contributed by atoms with Gasteiger partial charge in [-0.25, -0.2) is 0 Å². The predicted octanol–water partition coefficient (Wildman–Crippen LogP) is 7.74. The van der Waals surface area contributed by atoms with Crippen LogP contribution in [0.1, 0.15) is 57.4 Å². The third-order valence-corrected chi connectivity index (χ3v) is 10.7. The van der Waals surface area contributed by atoms with Crippen LogP contribution in [0.25, 0.3) is 0 Å². The second-order valence-corrected chi connectivity index (χ2v) is 13.4. The van der Waals surface area contributed by atoms with Crippen molar-refractivity contribution in [3.8, 4) is 0 Å². The Morgan fingerprint density at radius 3 is 2.19 bits per heavy atom. The molecule has 3 aromatic carbocycles. The van der Waals surface area contributed by atoms with Crippen molar-refractivity contribution in [3.63, 3.8) is 0 Å². The number of aliphatic hydroxyl groups excluding tert-OH is 1. The van der Waals surface area contributed by atoms with Crippen molar-refractivity contribution in [1.82, 2.24) is 9.80 Å². The molecule has 5 nitrogen and oxygen atoms in total. The van der Waals surface area contributed by atoms with Gasteiger partial charge in [-0.1, -0.05) is 53.5 Å². The summed E-state index contributed by atoms with van der Waals surface area (Å²) in [5.74, 6) is -0.969. The lowest BCUT2D eigenvalue weighted by Gasteiger charge is -2.46. The number of alkyl halides is 6. The molecule has 252 valence electrons. The predicted molar refractivity (Wildman–Crippen MR) is 165 cm³/mol. The van der Waals surface area contributed by atoms with Crippen LogP contribution >= 0.6 is 23.2 Å². The maximum absolute atomic E-state index is 13.6. The summed E-state index contributed by atoms with van der Waals surface area (Å²) in [6, 6.07) is 13.9. The van der Waals surface area contributed by atoms with E-state index in [4.69, 9.17) is 27.9 Å². The van der Waals surface area contributed by atoms with E-state index in [0.717, 1.165) is 18.4 Å². The second kappa shape index (κ2) is 12.6. The molecule has 2 saturated heterocycles. The highest BCUT2D eigenvalue weighted by Gasteiger charge is 2.48. The van der Waals surface area contributed by atoms with Crippen molar-refractivity contribution in [3.05, 3.63) is 104 Å². The number of benzene rings is 3. The molecule has 0 bridgehead atoms. The van der Waals surface area contributed by atoms with Crippen LogP contribution in [0.5, 0.6) is 0 Å². The summed E-state index contributed by atoms with van der Waals surface area (Å²) in [5, 5.41) is 11.6. The summed E-state index contributed by atoms with van der Waals surface area (Å²) >= 11 is 12.6. The highest BCUT2D eigenvalue weighted by atomic mass is 35.5. The minimum absolute atomic E-state index is 0.00200. The molecule has 0 unspecified atom stereocenters. The van der Waals surface area contributed by atoms with Gasteiger partial charge in [0, 0.05) is 24.1 Å². The lowest BCUT2D eigenvalue weighted by Crippen LogP contribution is -2.54. The first-order chi connectivity index (χ1) is 22.1. The lowest BCUT2D eigenvalue weighted by molar-refractivity contribution is -0.143. The first kappa shape index (κ1) is 34.0. The number of hydrogen-bond acceptors (Lipinski definition) is 4. The maximum Gasteiger partial charge on any atom is 0.416 e. The number of amides is 1. The van der Waals surface area contributed by atoms with Crippen LogP contribution in [-0.2, 0) is 34.5 Å². The monoisotopic (exact) mass is 700 g/mol. The Morgan fingerprint density at radius 1 is 0.894 bits per heavy atom. The SMILES string of the molecule is O=C(c1cc(C(F)(F)F)cc(C(F)(F)F)c1)N1CCO[C@](CCN2CCC3(CC2)c2ccccc2C[C@@H]3O)(c2ccc(Cl)c(Cl)c2)C1. The Bertz CT molecular complexity index is 1630. The van der Waals surface area contributed by atoms with Gasteiger partial charge in [-0.2, -0.15) is 26.3 Å². The molecule has 2 aliphatic heterocycles. The summed E-state index contributed by atoms with van der Waals surface area (Å²) in [4.78, 5) is 17.1. The second-order valence-electron chi connectivity index (χ2n) is 12.6. The van der Waals surface area contributed by atoms with Crippen molar-refractivity contribution in [2.75, 3.05) is 39.3 Å². The topological polar surface area (TPSA) is 53.0 Å². The van der Waals surface area contributed by atoms with Crippen molar-refractivity contribution in [2.45, 2.75) is 55.2 Å². The van der Waals surface area contributed by atoms with Gasteiger partial charge in [0.05, 0.1) is 40.4 Å². The van der Waals surface area contributed by atoms with Crippen LogP contribution in [-0.4, -0.2) is 66.2 Å². The number of likely N-dealkylation sites (tertiary alicyclic amines) is 1. The Kier molecular flexibility index (Phi) is 9.10. The maximum atomic E-state index is 13.6. The molecule has 3 aromatic rings. The third kappa shape index (κ3) is 6.62. The molecule has 47 heavy (non-hydrogen) atoms. The minimum Gasteiger partial charge on any atom is -0.392 e. The number of halogens is 8. The average Bonchev–Trinajstić information content (AvgIpc) is 3.31. The van der Waals surface area contributed by atoms with E-state index in [0.29, 0.717) is 50.2 Å². The molecule has 3 aliphatic rings. The van der Waals surface area contributed by atoms with Crippen molar-refractivity contribution < 1.29 is 41.0 Å². The van der Waals surface area contributed by atoms with Crippen LogP contribution < -0.4 is 0 Å². The van der Waals surface area contributed by atoms with E-state index in [-0.39, 0.29) is 41.2 Å². The van der Waals surface area contributed by atoms with Crippen molar-refractivity contribution >= 4 is 29.1 Å². The normalized spacial score (nSPS) is 23.3.